The molecular weight excluding hydrogens is 290 g/mol. The number of hydrogen-bond acceptors (Lipinski definition) is 3. The summed E-state index contributed by atoms with van der Waals surface area (Å²) in [6.45, 7) is 5.44. The van der Waals surface area contributed by atoms with Crippen LogP contribution < -0.4 is 5.32 Å². The highest BCUT2D eigenvalue weighted by molar-refractivity contribution is 5.91. The number of aldehydes is 1. The van der Waals surface area contributed by atoms with Crippen molar-refractivity contribution in [3.8, 4) is 11.1 Å². The van der Waals surface area contributed by atoms with Gasteiger partial charge < -0.3 is 9.53 Å². The highest BCUT2D eigenvalue weighted by atomic mass is 16.6. The monoisotopic (exact) mass is 309 g/mol. The lowest BCUT2D eigenvalue weighted by molar-refractivity contribution is -0.108. The van der Waals surface area contributed by atoms with Crippen molar-refractivity contribution in [1.82, 2.24) is 0 Å². The summed E-state index contributed by atoms with van der Waals surface area (Å²) in [5, 5.41) is 2.72. The maximum Gasteiger partial charge on any atom is 0.412 e. The summed E-state index contributed by atoms with van der Waals surface area (Å²) in [6, 6.07) is 13.5. The van der Waals surface area contributed by atoms with Gasteiger partial charge in [0.25, 0.3) is 0 Å². The molecule has 0 heterocycles. The zero-order chi connectivity index (χ0) is 16.6. The predicted octanol–water partition coefficient (Wildman–Crippen LogP) is 4.34. The minimum atomic E-state index is -0.553. The number of nitrogens with one attached hydrogen (secondary N) is 1. The first-order valence-electron chi connectivity index (χ1n) is 7.57. The van der Waals surface area contributed by atoms with Gasteiger partial charge in [0.05, 0.1) is 5.92 Å². The molecule has 0 fully saturated rings. The third kappa shape index (κ3) is 2.97. The molecule has 0 saturated carbocycles. The van der Waals surface area contributed by atoms with Crippen LogP contribution in [0, 0.1) is 0 Å². The molecule has 4 heteroatoms. The molecule has 4 nitrogen and oxygen atoms in total. The van der Waals surface area contributed by atoms with E-state index in [2.05, 4.69) is 5.32 Å². The fourth-order valence-electron chi connectivity index (χ4n) is 2.89. The van der Waals surface area contributed by atoms with Crippen LogP contribution in [0.15, 0.2) is 42.5 Å². The fraction of sp³-hybridized carbons (Fsp3) is 0.263. The quantitative estimate of drug-likeness (QED) is 0.839. The Kier molecular flexibility index (Phi) is 3.68. The predicted molar refractivity (Wildman–Crippen MR) is 89.6 cm³/mol. The van der Waals surface area contributed by atoms with Gasteiger partial charge in [0.15, 0.2) is 0 Å². The standard InChI is InChI=1S/C19H19NO3/c1-19(2,3)23-18(22)20-12-8-9-15-13-6-4-5-7-14(13)17(11-21)16(15)10-12/h4-11,17H,1-3H3,(H,20,22)/t17-/m1/s1. The van der Waals surface area contributed by atoms with E-state index >= 15 is 0 Å². The Balaban J connectivity index is 1.91. The second-order valence-electron chi connectivity index (χ2n) is 6.63. The Morgan fingerprint density at radius 1 is 1.09 bits per heavy atom. The smallest absolute Gasteiger partial charge is 0.412 e. The van der Waals surface area contributed by atoms with E-state index in [1.165, 1.54) is 0 Å². The first-order valence-corrected chi connectivity index (χ1v) is 7.57. The SMILES string of the molecule is CC(C)(C)OC(=O)Nc1ccc2c(c1)[C@H](C=O)c1ccccc1-2. The molecule has 1 aliphatic rings. The lowest BCUT2D eigenvalue weighted by Gasteiger charge is -2.20. The van der Waals surface area contributed by atoms with Crippen molar-refractivity contribution in [3.63, 3.8) is 0 Å². The van der Waals surface area contributed by atoms with Crippen molar-refractivity contribution >= 4 is 18.1 Å². The van der Waals surface area contributed by atoms with Gasteiger partial charge in [-0.15, -0.1) is 0 Å². The van der Waals surface area contributed by atoms with Gasteiger partial charge in [-0.1, -0.05) is 30.3 Å². The van der Waals surface area contributed by atoms with Crippen LogP contribution in [0.5, 0.6) is 0 Å². The minimum absolute atomic E-state index is 0.290. The molecule has 1 atom stereocenters. The summed E-state index contributed by atoms with van der Waals surface area (Å²) in [6.07, 6.45) is 0.442. The molecule has 0 aliphatic heterocycles. The van der Waals surface area contributed by atoms with Crippen molar-refractivity contribution in [2.45, 2.75) is 32.3 Å². The fourth-order valence-corrected chi connectivity index (χ4v) is 2.89. The number of carbonyl (C=O) groups excluding carboxylic acids is 2. The maximum atomic E-state index is 11.9. The van der Waals surface area contributed by atoms with Gasteiger partial charge in [0.1, 0.15) is 11.9 Å². The Hall–Kier alpha value is -2.62. The number of ether oxygens (including phenoxy) is 1. The van der Waals surface area contributed by atoms with Crippen molar-refractivity contribution in [3.05, 3.63) is 53.6 Å². The Morgan fingerprint density at radius 2 is 1.78 bits per heavy atom. The molecule has 3 rings (SSSR count). The van der Waals surface area contributed by atoms with E-state index in [1.807, 2.05) is 63.2 Å². The molecule has 0 unspecified atom stereocenters. The molecule has 0 spiro atoms. The van der Waals surface area contributed by atoms with E-state index in [9.17, 15) is 9.59 Å². The number of amides is 1. The van der Waals surface area contributed by atoms with Crippen LogP contribution in [-0.4, -0.2) is 18.0 Å². The highest BCUT2D eigenvalue weighted by Gasteiger charge is 2.28. The number of hydrogen-bond donors (Lipinski definition) is 1. The topological polar surface area (TPSA) is 55.4 Å². The van der Waals surface area contributed by atoms with Gasteiger partial charge in [0.2, 0.25) is 0 Å². The summed E-state index contributed by atoms with van der Waals surface area (Å²) in [5.74, 6) is -0.290. The van der Waals surface area contributed by atoms with Crippen LogP contribution in [-0.2, 0) is 9.53 Å². The molecule has 118 valence electrons. The normalized spacial score (nSPS) is 15.5. The van der Waals surface area contributed by atoms with Crippen LogP contribution in [0.25, 0.3) is 11.1 Å². The molecule has 23 heavy (non-hydrogen) atoms. The zero-order valence-corrected chi connectivity index (χ0v) is 13.4. The second kappa shape index (κ2) is 5.54. The summed E-state index contributed by atoms with van der Waals surface area (Å²) >= 11 is 0. The van der Waals surface area contributed by atoms with E-state index in [0.717, 1.165) is 28.5 Å². The van der Waals surface area contributed by atoms with Crippen LogP contribution in [0.4, 0.5) is 10.5 Å². The van der Waals surface area contributed by atoms with Crippen LogP contribution in [0.2, 0.25) is 0 Å². The number of benzene rings is 2. The van der Waals surface area contributed by atoms with Crippen LogP contribution in [0.1, 0.15) is 37.8 Å². The number of carbonyl (C=O) groups is 2. The van der Waals surface area contributed by atoms with Gasteiger partial charge in [-0.2, -0.15) is 0 Å². The van der Waals surface area contributed by atoms with E-state index in [4.69, 9.17) is 4.74 Å². The van der Waals surface area contributed by atoms with Crippen LogP contribution >= 0.6 is 0 Å². The summed E-state index contributed by atoms with van der Waals surface area (Å²) in [7, 11) is 0. The summed E-state index contributed by atoms with van der Waals surface area (Å²) in [4.78, 5) is 23.4. The minimum Gasteiger partial charge on any atom is -0.444 e. The van der Waals surface area contributed by atoms with Crippen molar-refractivity contribution in [1.29, 1.82) is 0 Å². The number of rotatable bonds is 2. The molecule has 2 aromatic rings. The van der Waals surface area contributed by atoms with Crippen LogP contribution in [0.3, 0.4) is 0 Å². The van der Waals surface area contributed by atoms with E-state index in [1.54, 1.807) is 0 Å². The van der Waals surface area contributed by atoms with Gasteiger partial charge in [-0.25, -0.2) is 4.79 Å². The molecule has 1 aliphatic carbocycles. The molecule has 2 aromatic carbocycles. The molecule has 1 amide bonds. The molecule has 0 radical (unpaired) electrons. The third-order valence-electron chi connectivity index (χ3n) is 3.75. The van der Waals surface area contributed by atoms with Gasteiger partial charge in [-0.05, 0) is 55.2 Å². The Labute approximate surface area is 135 Å². The zero-order valence-electron chi connectivity index (χ0n) is 13.4. The highest BCUT2D eigenvalue weighted by Crippen LogP contribution is 2.44. The first-order chi connectivity index (χ1) is 10.9. The Bertz CT molecular complexity index is 774. The average molecular weight is 309 g/mol. The molecular formula is C19H19NO3. The maximum absolute atomic E-state index is 11.9. The average Bonchev–Trinajstić information content (AvgIpc) is 2.78. The lowest BCUT2D eigenvalue weighted by Crippen LogP contribution is -2.27. The van der Waals surface area contributed by atoms with Gasteiger partial charge in [-0.3, -0.25) is 5.32 Å². The third-order valence-corrected chi connectivity index (χ3v) is 3.75. The largest absolute Gasteiger partial charge is 0.444 e. The summed E-state index contributed by atoms with van der Waals surface area (Å²) < 4.78 is 5.26. The number of fused-ring (bicyclic) bond motifs is 3. The van der Waals surface area contributed by atoms with Gasteiger partial charge in [0, 0.05) is 5.69 Å². The molecule has 0 bridgehead atoms. The van der Waals surface area contributed by atoms with Gasteiger partial charge >= 0.3 is 6.09 Å². The second-order valence-corrected chi connectivity index (χ2v) is 6.63. The molecule has 0 aromatic heterocycles. The van der Waals surface area contributed by atoms with Crippen molar-refractivity contribution in [2.24, 2.45) is 0 Å². The summed E-state index contributed by atoms with van der Waals surface area (Å²) in [5.41, 5.74) is 4.10. The lowest BCUT2D eigenvalue weighted by atomic mass is 9.98. The number of anilines is 1. The van der Waals surface area contributed by atoms with E-state index < -0.39 is 11.7 Å². The van der Waals surface area contributed by atoms with Crippen molar-refractivity contribution in [2.75, 3.05) is 5.32 Å². The van der Waals surface area contributed by atoms with E-state index in [-0.39, 0.29) is 5.92 Å². The molecule has 0 saturated heterocycles. The van der Waals surface area contributed by atoms with E-state index in [0.29, 0.717) is 5.69 Å². The molecule has 1 N–H and O–H groups in total. The van der Waals surface area contributed by atoms with Crippen molar-refractivity contribution < 1.29 is 14.3 Å². The first kappa shape index (κ1) is 15.3. The Morgan fingerprint density at radius 3 is 2.48 bits per heavy atom.